The van der Waals surface area contributed by atoms with E-state index in [4.69, 9.17) is 4.74 Å². The molecule has 0 aliphatic carbocycles. The average molecular weight is 420 g/mol. The highest BCUT2D eigenvalue weighted by Crippen LogP contribution is 2.29. The highest BCUT2D eigenvalue weighted by molar-refractivity contribution is 8.00. The molecule has 2 heterocycles. The molecular formula is C19H21N3O4S2. The van der Waals surface area contributed by atoms with Crippen LogP contribution in [0.5, 0.6) is 0 Å². The van der Waals surface area contributed by atoms with Gasteiger partial charge in [-0.3, -0.25) is 20.2 Å². The zero-order chi connectivity index (χ0) is 20.1. The molecule has 0 radical (unpaired) electrons. The molecule has 1 fully saturated rings. The number of rotatable bonds is 5. The molecule has 2 atom stereocenters. The van der Waals surface area contributed by atoms with Gasteiger partial charge < -0.3 is 10.1 Å². The van der Waals surface area contributed by atoms with Gasteiger partial charge in [0.15, 0.2) is 0 Å². The van der Waals surface area contributed by atoms with Crippen LogP contribution in [0.2, 0.25) is 0 Å². The second-order valence-corrected chi connectivity index (χ2v) is 8.40. The summed E-state index contributed by atoms with van der Waals surface area (Å²) in [5.41, 5.74) is 1.84. The van der Waals surface area contributed by atoms with Crippen LogP contribution in [0.3, 0.4) is 0 Å². The molecule has 148 valence electrons. The van der Waals surface area contributed by atoms with Gasteiger partial charge in [0.2, 0.25) is 0 Å². The van der Waals surface area contributed by atoms with Gasteiger partial charge in [0.05, 0.1) is 17.5 Å². The summed E-state index contributed by atoms with van der Waals surface area (Å²) in [6, 6.07) is 9.25. The van der Waals surface area contributed by atoms with Crippen LogP contribution in [0.15, 0.2) is 35.7 Å². The lowest BCUT2D eigenvalue weighted by atomic mass is 10.1. The summed E-state index contributed by atoms with van der Waals surface area (Å²) >= 11 is 3.07. The third-order valence-corrected chi connectivity index (χ3v) is 6.14. The number of ether oxygens (including phenoxy) is 1. The normalized spacial score (nSPS) is 18.5. The van der Waals surface area contributed by atoms with Crippen LogP contribution in [-0.4, -0.2) is 35.6 Å². The van der Waals surface area contributed by atoms with E-state index in [0.29, 0.717) is 15.9 Å². The quantitative estimate of drug-likeness (QED) is 0.685. The average Bonchev–Trinajstić information content (AvgIpc) is 3.31. The number of nitrogens with one attached hydrogen (secondary N) is 3. The Labute approximate surface area is 171 Å². The summed E-state index contributed by atoms with van der Waals surface area (Å²) in [6.45, 7) is 3.94. The molecule has 0 saturated carbocycles. The highest BCUT2D eigenvalue weighted by atomic mass is 32.2. The summed E-state index contributed by atoms with van der Waals surface area (Å²) in [5, 5.41) is 10.8. The van der Waals surface area contributed by atoms with E-state index in [0.717, 1.165) is 11.3 Å². The van der Waals surface area contributed by atoms with Crippen molar-refractivity contribution in [3.63, 3.8) is 0 Å². The molecule has 2 aromatic rings. The first kappa shape index (κ1) is 20.4. The lowest BCUT2D eigenvalue weighted by Gasteiger charge is -2.12. The predicted octanol–water partition coefficient (Wildman–Crippen LogP) is 3.61. The molecule has 0 spiro atoms. The number of imide groups is 1. The molecule has 3 amide bonds. The fourth-order valence-corrected chi connectivity index (χ4v) is 4.58. The molecule has 3 N–H and O–H groups in total. The minimum atomic E-state index is -0.820. The third-order valence-electron chi connectivity index (χ3n) is 4.15. The minimum absolute atomic E-state index is 0.163. The highest BCUT2D eigenvalue weighted by Gasteiger charge is 2.22. The van der Waals surface area contributed by atoms with Crippen LogP contribution in [0.1, 0.15) is 46.2 Å². The molecular weight excluding hydrogens is 398 g/mol. The van der Waals surface area contributed by atoms with Crippen molar-refractivity contribution in [2.75, 3.05) is 17.7 Å². The number of carbonyl (C=O) groups excluding carboxylic acids is 3. The summed E-state index contributed by atoms with van der Waals surface area (Å²) in [6.07, 6.45) is -0.820. The lowest BCUT2D eigenvalue weighted by molar-refractivity contribution is 0.0926. The van der Waals surface area contributed by atoms with Gasteiger partial charge >= 0.3 is 6.09 Å². The van der Waals surface area contributed by atoms with E-state index in [-0.39, 0.29) is 24.1 Å². The largest absolute Gasteiger partial charge is 0.450 e. The second-order valence-electron chi connectivity index (χ2n) is 6.11. The van der Waals surface area contributed by atoms with Crippen molar-refractivity contribution in [1.29, 1.82) is 0 Å². The summed E-state index contributed by atoms with van der Waals surface area (Å²) in [4.78, 5) is 36.2. The maximum atomic E-state index is 12.5. The number of benzene rings is 1. The van der Waals surface area contributed by atoms with Crippen molar-refractivity contribution in [1.82, 2.24) is 10.6 Å². The van der Waals surface area contributed by atoms with Crippen molar-refractivity contribution < 1.29 is 19.1 Å². The first-order valence-electron chi connectivity index (χ1n) is 8.82. The van der Waals surface area contributed by atoms with E-state index in [9.17, 15) is 14.4 Å². The van der Waals surface area contributed by atoms with Crippen LogP contribution in [0.4, 0.5) is 9.80 Å². The van der Waals surface area contributed by atoms with E-state index in [1.807, 2.05) is 23.9 Å². The van der Waals surface area contributed by atoms with Gasteiger partial charge in [0, 0.05) is 17.4 Å². The van der Waals surface area contributed by atoms with E-state index in [1.54, 1.807) is 30.5 Å². The van der Waals surface area contributed by atoms with Gasteiger partial charge in [0.25, 0.3) is 11.8 Å². The number of hydrogen-bond acceptors (Lipinski definition) is 7. The fourth-order valence-electron chi connectivity index (χ4n) is 2.77. The second kappa shape index (κ2) is 9.22. The predicted molar refractivity (Wildman–Crippen MR) is 111 cm³/mol. The van der Waals surface area contributed by atoms with E-state index >= 15 is 0 Å². The Balaban J connectivity index is 1.64. The maximum absolute atomic E-state index is 12.5. The molecule has 1 aromatic heterocycles. The van der Waals surface area contributed by atoms with Crippen LogP contribution in [0, 0.1) is 0 Å². The van der Waals surface area contributed by atoms with Crippen molar-refractivity contribution in [3.8, 4) is 0 Å². The minimum Gasteiger partial charge on any atom is -0.450 e. The Morgan fingerprint density at radius 2 is 1.93 bits per heavy atom. The lowest BCUT2D eigenvalue weighted by Crippen LogP contribution is -2.31. The van der Waals surface area contributed by atoms with Crippen LogP contribution in [-0.2, 0) is 4.74 Å². The summed E-state index contributed by atoms with van der Waals surface area (Å²) in [5.74, 6) is 0.0616. The molecule has 28 heavy (non-hydrogen) atoms. The molecule has 3 rings (SSSR count). The zero-order valence-electron chi connectivity index (χ0n) is 15.5. The van der Waals surface area contributed by atoms with Gasteiger partial charge in [-0.2, -0.15) is 0 Å². The smallest absolute Gasteiger partial charge is 0.414 e. The van der Waals surface area contributed by atoms with Crippen LogP contribution in [0.25, 0.3) is 0 Å². The van der Waals surface area contributed by atoms with E-state index in [2.05, 4.69) is 22.9 Å². The van der Waals surface area contributed by atoms with Crippen molar-refractivity contribution in [2.24, 2.45) is 0 Å². The molecule has 0 bridgehead atoms. The van der Waals surface area contributed by atoms with Crippen LogP contribution >= 0.6 is 23.1 Å². The Kier molecular flexibility index (Phi) is 6.71. The molecule has 2 unspecified atom stereocenters. The SMILES string of the molecule is CCOC(=O)NC(=O)c1ccsc1NC(=O)c1ccc(C2CSC(C)N2)cc1. The maximum Gasteiger partial charge on any atom is 0.414 e. The Hall–Kier alpha value is -2.36. The van der Waals surface area contributed by atoms with Gasteiger partial charge in [-0.15, -0.1) is 23.1 Å². The Morgan fingerprint density at radius 3 is 2.57 bits per heavy atom. The Bertz CT molecular complexity index is 866. The van der Waals surface area contributed by atoms with Crippen molar-refractivity contribution >= 4 is 46.0 Å². The van der Waals surface area contributed by atoms with Crippen molar-refractivity contribution in [2.45, 2.75) is 25.3 Å². The van der Waals surface area contributed by atoms with Gasteiger partial charge in [-0.1, -0.05) is 12.1 Å². The zero-order valence-corrected chi connectivity index (χ0v) is 17.1. The molecule has 1 aromatic carbocycles. The number of thioether (sulfide) groups is 1. The molecule has 1 saturated heterocycles. The topological polar surface area (TPSA) is 96.5 Å². The number of thiophene rings is 1. The first-order chi connectivity index (χ1) is 13.5. The number of hydrogen-bond donors (Lipinski definition) is 3. The molecule has 1 aliphatic heterocycles. The standard InChI is InChI=1S/C19H21N3O4S2/c1-3-26-19(25)22-17(24)14-8-9-27-18(14)21-16(23)13-6-4-12(5-7-13)15-10-28-11(2)20-15/h4-9,11,15,20H,3,10H2,1-2H3,(H,21,23)(H,22,24,25). The number of amides is 3. The molecule has 9 heteroatoms. The van der Waals surface area contributed by atoms with E-state index in [1.165, 1.54) is 11.3 Å². The summed E-state index contributed by atoms with van der Waals surface area (Å²) < 4.78 is 4.70. The van der Waals surface area contributed by atoms with Gasteiger partial charge in [-0.05, 0) is 43.0 Å². The monoisotopic (exact) mass is 419 g/mol. The third kappa shape index (κ3) is 4.92. The van der Waals surface area contributed by atoms with Gasteiger partial charge in [-0.25, -0.2) is 4.79 Å². The number of carbonyl (C=O) groups is 3. The Morgan fingerprint density at radius 1 is 1.18 bits per heavy atom. The fraction of sp³-hybridized carbons (Fsp3) is 0.316. The molecule has 7 nitrogen and oxygen atoms in total. The van der Waals surface area contributed by atoms with Crippen LogP contribution < -0.4 is 16.0 Å². The first-order valence-corrected chi connectivity index (χ1v) is 10.7. The van der Waals surface area contributed by atoms with E-state index < -0.39 is 12.0 Å². The summed E-state index contributed by atoms with van der Waals surface area (Å²) in [7, 11) is 0. The van der Waals surface area contributed by atoms with Crippen molar-refractivity contribution in [3.05, 3.63) is 52.4 Å². The van der Waals surface area contributed by atoms with Gasteiger partial charge in [0.1, 0.15) is 5.00 Å². The molecule has 1 aliphatic rings. The number of anilines is 1. The number of alkyl carbamates (subject to hydrolysis) is 1.